The van der Waals surface area contributed by atoms with Crippen molar-refractivity contribution >= 4 is 0 Å². The molecule has 1 heterocycles. The second-order valence-corrected chi connectivity index (χ2v) is 7.03. The van der Waals surface area contributed by atoms with E-state index in [2.05, 4.69) is 17.1 Å². The molecule has 1 N–H and O–H groups in total. The maximum atomic E-state index is 3.85. The Bertz CT molecular complexity index is 234. The molecule has 2 fully saturated rings. The molecule has 0 bridgehead atoms. The number of nitrogens with one attached hydrogen (secondary N) is 1. The van der Waals surface area contributed by atoms with Crippen LogP contribution in [0.25, 0.3) is 0 Å². The molecule has 20 heavy (non-hydrogen) atoms. The standard InChI is InChI=1S/C18H36N2/c1-2-13-19-18-12-8-6-7-11-17(18)16-20-14-9-4-3-5-10-15-20/h17-19H,2-16H2,1H3. The van der Waals surface area contributed by atoms with E-state index in [1.807, 2.05) is 0 Å². The molecule has 118 valence electrons. The fourth-order valence-corrected chi connectivity index (χ4v) is 4.03. The fourth-order valence-electron chi connectivity index (χ4n) is 4.03. The normalized spacial score (nSPS) is 30.4. The third-order valence-electron chi connectivity index (χ3n) is 5.26. The molecule has 1 saturated heterocycles. The van der Waals surface area contributed by atoms with Crippen LogP contribution in [0, 0.1) is 5.92 Å². The molecule has 2 heteroatoms. The zero-order chi connectivity index (χ0) is 14.0. The number of hydrogen-bond donors (Lipinski definition) is 1. The third-order valence-corrected chi connectivity index (χ3v) is 5.26. The highest BCUT2D eigenvalue weighted by Crippen LogP contribution is 2.25. The topological polar surface area (TPSA) is 15.3 Å². The van der Waals surface area contributed by atoms with Crippen LogP contribution in [0.15, 0.2) is 0 Å². The van der Waals surface area contributed by atoms with Crippen molar-refractivity contribution in [2.24, 2.45) is 5.92 Å². The van der Waals surface area contributed by atoms with Crippen molar-refractivity contribution in [2.45, 2.75) is 83.6 Å². The van der Waals surface area contributed by atoms with Crippen molar-refractivity contribution in [3.05, 3.63) is 0 Å². The molecule has 2 aliphatic rings. The average molecular weight is 280 g/mol. The maximum Gasteiger partial charge on any atom is 0.0107 e. The van der Waals surface area contributed by atoms with E-state index in [0.29, 0.717) is 0 Å². The molecule has 2 atom stereocenters. The van der Waals surface area contributed by atoms with Gasteiger partial charge in [-0.1, -0.05) is 45.4 Å². The zero-order valence-electron chi connectivity index (χ0n) is 13.7. The molecule has 1 aliphatic carbocycles. The molecule has 2 unspecified atom stereocenters. The van der Waals surface area contributed by atoms with E-state index < -0.39 is 0 Å². The first-order valence-corrected chi connectivity index (χ1v) is 9.36. The lowest BCUT2D eigenvalue weighted by Crippen LogP contribution is -2.43. The van der Waals surface area contributed by atoms with Crippen molar-refractivity contribution in [3.8, 4) is 0 Å². The third kappa shape index (κ3) is 5.73. The molecule has 0 aromatic carbocycles. The van der Waals surface area contributed by atoms with Gasteiger partial charge in [-0.15, -0.1) is 0 Å². The van der Waals surface area contributed by atoms with Gasteiger partial charge in [0.15, 0.2) is 0 Å². The quantitative estimate of drug-likeness (QED) is 0.759. The van der Waals surface area contributed by atoms with Crippen molar-refractivity contribution in [2.75, 3.05) is 26.2 Å². The predicted octanol–water partition coefficient (Wildman–Crippen LogP) is 4.20. The van der Waals surface area contributed by atoms with Gasteiger partial charge in [0.2, 0.25) is 0 Å². The Hall–Kier alpha value is -0.0800. The van der Waals surface area contributed by atoms with Crippen LogP contribution in [0.4, 0.5) is 0 Å². The molecule has 0 amide bonds. The van der Waals surface area contributed by atoms with E-state index in [1.54, 1.807) is 0 Å². The number of hydrogen-bond acceptors (Lipinski definition) is 2. The van der Waals surface area contributed by atoms with Crippen LogP contribution in [-0.4, -0.2) is 37.1 Å². The molecule has 1 saturated carbocycles. The van der Waals surface area contributed by atoms with Crippen LogP contribution >= 0.6 is 0 Å². The lowest BCUT2D eigenvalue weighted by atomic mass is 9.93. The second kappa shape index (κ2) is 9.78. The highest BCUT2D eigenvalue weighted by atomic mass is 15.1. The van der Waals surface area contributed by atoms with E-state index in [-0.39, 0.29) is 0 Å². The summed E-state index contributed by atoms with van der Waals surface area (Å²) < 4.78 is 0. The summed E-state index contributed by atoms with van der Waals surface area (Å²) in [4.78, 5) is 2.79. The first-order chi connectivity index (χ1) is 9.90. The molecule has 2 nitrogen and oxygen atoms in total. The highest BCUT2D eigenvalue weighted by Gasteiger charge is 2.25. The first kappa shape index (κ1) is 16.3. The Morgan fingerprint density at radius 3 is 2.25 bits per heavy atom. The Morgan fingerprint density at radius 2 is 1.50 bits per heavy atom. The monoisotopic (exact) mass is 280 g/mol. The summed E-state index contributed by atoms with van der Waals surface area (Å²) in [7, 11) is 0. The van der Waals surface area contributed by atoms with Crippen LogP contribution in [0.5, 0.6) is 0 Å². The minimum absolute atomic E-state index is 0.794. The van der Waals surface area contributed by atoms with Gasteiger partial charge in [0, 0.05) is 12.6 Å². The van der Waals surface area contributed by atoms with E-state index in [1.165, 1.54) is 96.8 Å². The van der Waals surface area contributed by atoms with Crippen LogP contribution in [0.1, 0.15) is 77.6 Å². The largest absolute Gasteiger partial charge is 0.314 e. The van der Waals surface area contributed by atoms with Gasteiger partial charge in [-0.2, -0.15) is 0 Å². The summed E-state index contributed by atoms with van der Waals surface area (Å²) in [5.74, 6) is 0.906. The number of rotatable bonds is 5. The van der Waals surface area contributed by atoms with Gasteiger partial charge in [0.1, 0.15) is 0 Å². The van der Waals surface area contributed by atoms with Gasteiger partial charge < -0.3 is 10.2 Å². The highest BCUT2D eigenvalue weighted by molar-refractivity contribution is 4.82. The van der Waals surface area contributed by atoms with Crippen LogP contribution in [0.2, 0.25) is 0 Å². The fraction of sp³-hybridized carbons (Fsp3) is 1.00. The van der Waals surface area contributed by atoms with Gasteiger partial charge in [0.05, 0.1) is 0 Å². The Labute approximate surface area is 126 Å². The number of nitrogens with zero attached hydrogens (tertiary/aromatic N) is 1. The van der Waals surface area contributed by atoms with Gasteiger partial charge in [-0.3, -0.25) is 0 Å². The number of likely N-dealkylation sites (tertiary alicyclic amines) is 1. The summed E-state index contributed by atoms with van der Waals surface area (Å²) in [5, 5.41) is 3.85. The summed E-state index contributed by atoms with van der Waals surface area (Å²) in [6, 6.07) is 0.794. The van der Waals surface area contributed by atoms with Gasteiger partial charge in [-0.25, -0.2) is 0 Å². The first-order valence-electron chi connectivity index (χ1n) is 9.36. The SMILES string of the molecule is CCCNC1CCCCCC1CN1CCCCCCC1. The van der Waals surface area contributed by atoms with Gasteiger partial charge >= 0.3 is 0 Å². The smallest absolute Gasteiger partial charge is 0.0107 e. The Kier molecular flexibility index (Phi) is 7.97. The van der Waals surface area contributed by atoms with Crippen molar-refractivity contribution in [3.63, 3.8) is 0 Å². The van der Waals surface area contributed by atoms with E-state index in [0.717, 1.165) is 12.0 Å². The van der Waals surface area contributed by atoms with Crippen LogP contribution < -0.4 is 5.32 Å². The van der Waals surface area contributed by atoms with Gasteiger partial charge in [0.25, 0.3) is 0 Å². The molecule has 0 aromatic rings. The minimum atomic E-state index is 0.794. The molecule has 2 rings (SSSR count). The molecule has 1 aliphatic heterocycles. The zero-order valence-corrected chi connectivity index (χ0v) is 13.7. The Morgan fingerprint density at radius 1 is 0.850 bits per heavy atom. The second-order valence-electron chi connectivity index (χ2n) is 7.03. The molecule has 0 radical (unpaired) electrons. The van der Waals surface area contributed by atoms with Crippen LogP contribution in [-0.2, 0) is 0 Å². The lowest BCUT2D eigenvalue weighted by molar-refractivity contribution is 0.181. The molecular weight excluding hydrogens is 244 g/mol. The summed E-state index contributed by atoms with van der Waals surface area (Å²) in [6.07, 6.45) is 15.7. The molecule has 0 aromatic heterocycles. The molecular formula is C18H36N2. The van der Waals surface area contributed by atoms with Crippen molar-refractivity contribution < 1.29 is 0 Å². The van der Waals surface area contributed by atoms with E-state index in [4.69, 9.17) is 0 Å². The van der Waals surface area contributed by atoms with Gasteiger partial charge in [-0.05, 0) is 57.7 Å². The summed E-state index contributed by atoms with van der Waals surface area (Å²) in [5.41, 5.74) is 0. The minimum Gasteiger partial charge on any atom is -0.314 e. The van der Waals surface area contributed by atoms with E-state index >= 15 is 0 Å². The molecule has 0 spiro atoms. The predicted molar refractivity (Wildman–Crippen MR) is 88.2 cm³/mol. The summed E-state index contributed by atoms with van der Waals surface area (Å²) in [6.45, 7) is 7.58. The average Bonchev–Trinajstić information content (AvgIpc) is 2.64. The lowest BCUT2D eigenvalue weighted by Gasteiger charge is -2.33. The summed E-state index contributed by atoms with van der Waals surface area (Å²) >= 11 is 0. The van der Waals surface area contributed by atoms with Crippen molar-refractivity contribution in [1.29, 1.82) is 0 Å². The maximum absolute atomic E-state index is 3.85. The van der Waals surface area contributed by atoms with E-state index in [9.17, 15) is 0 Å². The van der Waals surface area contributed by atoms with Crippen LogP contribution in [0.3, 0.4) is 0 Å². The van der Waals surface area contributed by atoms with Crippen molar-refractivity contribution in [1.82, 2.24) is 10.2 Å². The Balaban J connectivity index is 1.84.